The quantitative estimate of drug-likeness (QED) is 0.224. The molecule has 0 N–H and O–H groups in total. The van der Waals surface area contributed by atoms with Crippen molar-refractivity contribution in [3.63, 3.8) is 0 Å². The lowest BCUT2D eigenvalue weighted by Crippen LogP contribution is -2.13. The molecule has 0 saturated heterocycles. The number of esters is 2. The van der Waals surface area contributed by atoms with Gasteiger partial charge in [-0.15, -0.1) is 0 Å². The van der Waals surface area contributed by atoms with Crippen molar-refractivity contribution in [2.75, 3.05) is 26.4 Å². The number of rotatable bonds is 13. The molecule has 0 amide bonds. The van der Waals surface area contributed by atoms with Gasteiger partial charge in [0.05, 0.1) is 31.7 Å². The van der Waals surface area contributed by atoms with Crippen molar-refractivity contribution >= 4 is 24.8 Å². The highest BCUT2D eigenvalue weighted by Crippen LogP contribution is 2.47. The van der Waals surface area contributed by atoms with Gasteiger partial charge in [-0.25, -0.2) is 9.59 Å². The molecule has 1 rings (SSSR count). The molecule has 7 nitrogen and oxygen atoms in total. The summed E-state index contributed by atoms with van der Waals surface area (Å²) in [5.41, 5.74) is 0. The average Bonchev–Trinajstić information content (AvgIpc) is 2.67. The van der Waals surface area contributed by atoms with Crippen molar-refractivity contribution < 1.29 is 32.7 Å². The van der Waals surface area contributed by atoms with E-state index >= 15 is 0 Å². The third-order valence-corrected chi connectivity index (χ3v) is 4.97. The van der Waals surface area contributed by atoms with Crippen molar-refractivity contribution in [3.8, 4) is 0 Å². The second kappa shape index (κ2) is 12.2. The van der Waals surface area contributed by atoms with E-state index in [0.717, 1.165) is 12.2 Å². The molecule has 0 aliphatic carbocycles. The maximum absolute atomic E-state index is 13.0. The molecule has 8 heteroatoms. The highest BCUT2D eigenvalue weighted by atomic mass is 31.2. The minimum Gasteiger partial charge on any atom is -0.462 e. The largest absolute Gasteiger partial charge is 0.462 e. The van der Waals surface area contributed by atoms with E-state index in [1.807, 2.05) is 0 Å². The maximum atomic E-state index is 13.0. The van der Waals surface area contributed by atoms with Crippen molar-refractivity contribution in [2.45, 2.75) is 12.8 Å². The molecule has 1 aromatic carbocycles. The topological polar surface area (TPSA) is 88.1 Å². The Morgan fingerprint density at radius 1 is 0.846 bits per heavy atom. The molecule has 0 aliphatic rings. The summed E-state index contributed by atoms with van der Waals surface area (Å²) < 4.78 is 33.6. The van der Waals surface area contributed by atoms with Gasteiger partial charge in [-0.05, 0) is 12.1 Å². The van der Waals surface area contributed by atoms with E-state index in [4.69, 9.17) is 18.5 Å². The number of carbonyl (C=O) groups is 2. The highest BCUT2D eigenvalue weighted by molar-refractivity contribution is 7.62. The normalized spacial score (nSPS) is 10.8. The van der Waals surface area contributed by atoms with E-state index in [0.29, 0.717) is 18.1 Å². The van der Waals surface area contributed by atoms with Crippen LogP contribution < -0.4 is 5.30 Å². The molecule has 0 aliphatic heterocycles. The molecule has 1 aromatic rings. The maximum Gasteiger partial charge on any atom is 0.361 e. The summed E-state index contributed by atoms with van der Waals surface area (Å²) in [5, 5.41) is 0.422. The number of benzene rings is 1. The van der Waals surface area contributed by atoms with Crippen molar-refractivity contribution in [1.29, 1.82) is 0 Å². The van der Waals surface area contributed by atoms with Crippen molar-refractivity contribution in [1.82, 2.24) is 0 Å². The fourth-order valence-electron chi connectivity index (χ4n) is 1.75. The van der Waals surface area contributed by atoms with Gasteiger partial charge in [-0.2, -0.15) is 0 Å². The number of carbonyl (C=O) groups excluding carboxylic acids is 2. The molecule has 0 radical (unpaired) electrons. The second-order valence-electron chi connectivity index (χ2n) is 4.95. The van der Waals surface area contributed by atoms with E-state index in [2.05, 4.69) is 13.2 Å². The van der Waals surface area contributed by atoms with Gasteiger partial charge in [-0.1, -0.05) is 31.4 Å². The van der Waals surface area contributed by atoms with Crippen LogP contribution in [-0.4, -0.2) is 38.4 Å². The van der Waals surface area contributed by atoms with Gasteiger partial charge in [0.2, 0.25) is 0 Å². The molecule has 0 atom stereocenters. The van der Waals surface area contributed by atoms with E-state index < -0.39 is 19.5 Å². The van der Waals surface area contributed by atoms with Crippen LogP contribution in [0.5, 0.6) is 0 Å². The molecule has 0 heterocycles. The first-order valence-electron chi connectivity index (χ1n) is 8.05. The lowest BCUT2D eigenvalue weighted by Gasteiger charge is -2.19. The summed E-state index contributed by atoms with van der Waals surface area (Å²) in [7, 11) is -3.53. The van der Waals surface area contributed by atoms with Crippen LogP contribution in [0.2, 0.25) is 0 Å². The van der Waals surface area contributed by atoms with Gasteiger partial charge in [0.25, 0.3) is 0 Å². The molecule has 142 valence electrons. The average molecular weight is 382 g/mol. The molecule has 0 saturated carbocycles. The van der Waals surface area contributed by atoms with Gasteiger partial charge >= 0.3 is 19.5 Å². The second-order valence-corrected chi connectivity index (χ2v) is 6.98. The van der Waals surface area contributed by atoms with Gasteiger partial charge in [-0.3, -0.25) is 4.57 Å². The summed E-state index contributed by atoms with van der Waals surface area (Å²) in [6.07, 6.45) is 2.85. The van der Waals surface area contributed by atoms with Gasteiger partial charge < -0.3 is 18.5 Å². The Bertz CT molecular complexity index is 608. The molecule has 0 fully saturated rings. The van der Waals surface area contributed by atoms with Crippen LogP contribution in [0.4, 0.5) is 0 Å². The summed E-state index contributed by atoms with van der Waals surface area (Å²) in [6, 6.07) is 8.54. The third kappa shape index (κ3) is 8.25. The first-order chi connectivity index (χ1) is 12.5. The van der Waals surface area contributed by atoms with Crippen LogP contribution in [0, 0.1) is 0 Å². The molecule has 0 aromatic heterocycles. The van der Waals surface area contributed by atoms with Gasteiger partial charge in [0.1, 0.15) is 0 Å². The standard InChI is InChI=1S/C18H23O7P/c1-3-17(19)22-12-8-14-24-26(21,16-10-6-5-7-11-16)25-15-9-13-23-18(20)4-2/h3-7,10-11H,1-2,8-9,12-15H2. The Kier molecular flexibility index (Phi) is 10.2. The minimum absolute atomic E-state index is 0.0854. The lowest BCUT2D eigenvalue weighted by atomic mass is 10.4. The first-order valence-corrected chi connectivity index (χ1v) is 9.59. The van der Waals surface area contributed by atoms with Gasteiger partial charge in [0.15, 0.2) is 0 Å². The van der Waals surface area contributed by atoms with Crippen LogP contribution in [0.1, 0.15) is 12.8 Å². The Morgan fingerprint density at radius 3 is 1.73 bits per heavy atom. The predicted octanol–water partition coefficient (Wildman–Crippen LogP) is 2.78. The summed E-state index contributed by atoms with van der Waals surface area (Å²) >= 11 is 0. The van der Waals surface area contributed by atoms with Crippen LogP contribution in [0.15, 0.2) is 55.6 Å². The smallest absolute Gasteiger partial charge is 0.361 e. The molecular formula is C18H23O7P. The third-order valence-electron chi connectivity index (χ3n) is 2.99. The fraction of sp³-hybridized carbons (Fsp3) is 0.333. The zero-order chi connectivity index (χ0) is 19.3. The van der Waals surface area contributed by atoms with E-state index in [-0.39, 0.29) is 26.4 Å². The molecule has 0 bridgehead atoms. The van der Waals surface area contributed by atoms with Crippen LogP contribution in [0.25, 0.3) is 0 Å². The van der Waals surface area contributed by atoms with Crippen LogP contribution in [0.3, 0.4) is 0 Å². The van der Waals surface area contributed by atoms with Gasteiger partial charge in [0, 0.05) is 25.0 Å². The lowest BCUT2D eigenvalue weighted by molar-refractivity contribution is -0.138. The SMILES string of the molecule is C=CC(=O)OCCCOP(=O)(OCCCOC(=O)C=C)c1ccccc1. The summed E-state index contributed by atoms with van der Waals surface area (Å²) in [5.74, 6) is -1.05. The Morgan fingerprint density at radius 2 is 1.31 bits per heavy atom. The number of ether oxygens (including phenoxy) is 2. The number of hydrogen-bond acceptors (Lipinski definition) is 7. The number of hydrogen-bond donors (Lipinski definition) is 0. The van der Waals surface area contributed by atoms with Crippen molar-refractivity contribution in [2.24, 2.45) is 0 Å². The molecular weight excluding hydrogens is 359 g/mol. The molecule has 0 spiro atoms. The summed E-state index contributed by atoms with van der Waals surface area (Å²) in [6.45, 7) is 7.01. The Labute approximate surface area is 153 Å². The molecule has 0 unspecified atom stereocenters. The fourth-order valence-corrected chi connectivity index (χ4v) is 3.40. The van der Waals surface area contributed by atoms with E-state index in [1.165, 1.54) is 0 Å². The van der Waals surface area contributed by atoms with Crippen molar-refractivity contribution in [3.05, 3.63) is 55.6 Å². The monoisotopic (exact) mass is 382 g/mol. The van der Waals surface area contributed by atoms with Crippen LogP contribution >= 0.6 is 7.60 Å². The minimum atomic E-state index is -3.53. The highest BCUT2D eigenvalue weighted by Gasteiger charge is 2.27. The predicted molar refractivity (Wildman–Crippen MR) is 97.1 cm³/mol. The molecule has 26 heavy (non-hydrogen) atoms. The van der Waals surface area contributed by atoms with E-state index in [9.17, 15) is 14.2 Å². The zero-order valence-corrected chi connectivity index (χ0v) is 15.4. The Hall–Kier alpha value is -2.21. The summed E-state index contributed by atoms with van der Waals surface area (Å²) in [4.78, 5) is 21.9. The zero-order valence-electron chi connectivity index (χ0n) is 14.5. The van der Waals surface area contributed by atoms with Crippen LogP contribution in [-0.2, 0) is 32.7 Å². The Balaban J connectivity index is 2.51. The van der Waals surface area contributed by atoms with E-state index in [1.54, 1.807) is 30.3 Å². The first kappa shape index (κ1) is 21.8.